The van der Waals surface area contributed by atoms with Crippen LogP contribution in [0.5, 0.6) is 11.5 Å². The van der Waals surface area contributed by atoms with E-state index in [2.05, 4.69) is 84.1 Å². The van der Waals surface area contributed by atoms with Crippen molar-refractivity contribution in [1.29, 1.82) is 0 Å². The molecule has 2 aromatic heterocycles. The molecule has 1 saturated heterocycles. The van der Waals surface area contributed by atoms with Gasteiger partial charge in [-0.2, -0.15) is 0 Å². The first kappa shape index (κ1) is 23.1. The molecule has 2 aromatic carbocycles. The molecule has 2 atom stereocenters. The topological polar surface area (TPSA) is 42.3 Å². The molecule has 0 saturated carbocycles. The second-order valence-corrected chi connectivity index (χ2v) is 10.3. The largest absolute Gasteiger partial charge is 0.457 e. The van der Waals surface area contributed by atoms with Crippen LogP contribution in [0.2, 0.25) is 0 Å². The number of nitrogens with zero attached hydrogens (tertiary/aromatic N) is 3. The molecule has 5 nitrogen and oxygen atoms in total. The summed E-state index contributed by atoms with van der Waals surface area (Å²) in [6.45, 7) is 8.68. The number of aromatic nitrogens is 2. The fraction of sp³-hybridized carbons (Fsp3) is 0.241. The minimum Gasteiger partial charge on any atom is -0.457 e. The summed E-state index contributed by atoms with van der Waals surface area (Å²) >= 11 is 5.86. The molecule has 4 aromatic rings. The first-order chi connectivity index (χ1) is 16.8. The molecule has 0 amide bonds. The number of aryl methyl sites for hydroxylation is 1. The summed E-state index contributed by atoms with van der Waals surface area (Å²) in [5.74, 6) is 1.60. The number of hydrogen-bond donors (Lipinski definition) is 1. The van der Waals surface area contributed by atoms with Crippen LogP contribution in [-0.4, -0.2) is 14.7 Å². The monoisotopic (exact) mass is 482 g/mol. The Kier molecular flexibility index (Phi) is 6.07. The highest BCUT2D eigenvalue weighted by Gasteiger charge is 2.41. The van der Waals surface area contributed by atoms with Gasteiger partial charge in [0.2, 0.25) is 0 Å². The van der Waals surface area contributed by atoms with E-state index in [1.807, 2.05) is 54.7 Å². The number of nitrogens with one attached hydrogen (secondary N) is 1. The molecule has 1 fully saturated rings. The minimum absolute atomic E-state index is 0.00885. The van der Waals surface area contributed by atoms with Crippen LogP contribution in [0, 0.1) is 6.92 Å². The molecule has 0 bridgehead atoms. The van der Waals surface area contributed by atoms with Crippen molar-refractivity contribution in [3.05, 3.63) is 108 Å². The van der Waals surface area contributed by atoms with Gasteiger partial charge < -0.3 is 19.5 Å². The van der Waals surface area contributed by atoms with Crippen LogP contribution in [0.3, 0.4) is 0 Å². The quantitative estimate of drug-likeness (QED) is 0.313. The summed E-state index contributed by atoms with van der Waals surface area (Å²) in [5.41, 5.74) is 4.35. The molecule has 0 spiro atoms. The SMILES string of the molecule is Cc1ccc(Oc2ccc(N3C(=S)NC(c4ccccn4)C3c3ccn(C(C)(C)C)c3)cc2)cc1. The van der Waals surface area contributed by atoms with E-state index in [0.29, 0.717) is 5.11 Å². The highest BCUT2D eigenvalue weighted by molar-refractivity contribution is 7.80. The van der Waals surface area contributed by atoms with Gasteiger partial charge in [0.15, 0.2) is 5.11 Å². The van der Waals surface area contributed by atoms with Gasteiger partial charge in [0.25, 0.3) is 0 Å². The molecule has 178 valence electrons. The maximum Gasteiger partial charge on any atom is 0.174 e. The third-order valence-corrected chi connectivity index (χ3v) is 6.62. The second kappa shape index (κ2) is 9.19. The van der Waals surface area contributed by atoms with Gasteiger partial charge in [-0.25, -0.2) is 0 Å². The molecule has 0 radical (unpaired) electrons. The molecule has 0 aliphatic carbocycles. The molecular formula is C29H30N4OS. The Morgan fingerprint density at radius 2 is 1.60 bits per heavy atom. The van der Waals surface area contributed by atoms with Gasteiger partial charge in [-0.1, -0.05) is 23.8 Å². The number of ether oxygens (including phenoxy) is 1. The van der Waals surface area contributed by atoms with Crippen LogP contribution in [0.4, 0.5) is 5.69 Å². The van der Waals surface area contributed by atoms with E-state index in [1.54, 1.807) is 0 Å². The lowest BCUT2D eigenvalue weighted by molar-refractivity contribution is 0.397. The van der Waals surface area contributed by atoms with Crippen LogP contribution in [0.1, 0.15) is 49.7 Å². The van der Waals surface area contributed by atoms with Crippen molar-refractivity contribution in [3.8, 4) is 11.5 Å². The van der Waals surface area contributed by atoms with Crippen molar-refractivity contribution in [2.45, 2.75) is 45.3 Å². The first-order valence-electron chi connectivity index (χ1n) is 11.8. The van der Waals surface area contributed by atoms with Crippen molar-refractivity contribution < 1.29 is 4.74 Å². The van der Waals surface area contributed by atoms with Crippen molar-refractivity contribution in [3.63, 3.8) is 0 Å². The van der Waals surface area contributed by atoms with E-state index in [-0.39, 0.29) is 17.6 Å². The van der Waals surface area contributed by atoms with Crippen molar-refractivity contribution >= 4 is 23.0 Å². The van der Waals surface area contributed by atoms with Crippen molar-refractivity contribution in [2.24, 2.45) is 0 Å². The lowest BCUT2D eigenvalue weighted by Gasteiger charge is -2.28. The fourth-order valence-electron chi connectivity index (χ4n) is 4.39. The zero-order valence-electron chi connectivity index (χ0n) is 20.5. The third-order valence-electron chi connectivity index (χ3n) is 6.30. The Balaban J connectivity index is 1.49. The van der Waals surface area contributed by atoms with Gasteiger partial charge in [0.05, 0.1) is 17.8 Å². The summed E-state index contributed by atoms with van der Waals surface area (Å²) < 4.78 is 8.29. The molecule has 3 heterocycles. The van der Waals surface area contributed by atoms with E-state index in [0.717, 1.165) is 22.9 Å². The Hall–Kier alpha value is -3.64. The number of thiocarbonyl (C=S) groups is 1. The van der Waals surface area contributed by atoms with E-state index in [9.17, 15) is 0 Å². The summed E-state index contributed by atoms with van der Waals surface area (Å²) in [6.07, 6.45) is 6.19. The first-order valence-corrected chi connectivity index (χ1v) is 12.2. The van der Waals surface area contributed by atoms with Crippen LogP contribution in [-0.2, 0) is 5.54 Å². The van der Waals surface area contributed by atoms with Gasteiger partial charge in [-0.15, -0.1) is 0 Å². The van der Waals surface area contributed by atoms with Crippen LogP contribution in [0.25, 0.3) is 0 Å². The van der Waals surface area contributed by atoms with Gasteiger partial charge in [0.1, 0.15) is 11.5 Å². The Bertz CT molecular complexity index is 1310. The predicted molar refractivity (Wildman–Crippen MR) is 145 cm³/mol. The van der Waals surface area contributed by atoms with Crippen molar-refractivity contribution in [1.82, 2.24) is 14.9 Å². The second-order valence-electron chi connectivity index (χ2n) is 9.93. The number of benzene rings is 2. The van der Waals surface area contributed by atoms with Gasteiger partial charge in [-0.05, 0) is 100 Å². The normalized spacial score (nSPS) is 17.9. The molecule has 1 N–H and O–H groups in total. The maximum absolute atomic E-state index is 6.04. The smallest absolute Gasteiger partial charge is 0.174 e. The number of pyridine rings is 1. The highest BCUT2D eigenvalue weighted by atomic mass is 32.1. The maximum atomic E-state index is 6.04. The number of anilines is 1. The van der Waals surface area contributed by atoms with Gasteiger partial charge >= 0.3 is 0 Å². The van der Waals surface area contributed by atoms with Gasteiger partial charge in [0, 0.05) is 29.8 Å². The molecule has 5 rings (SSSR count). The zero-order chi connectivity index (χ0) is 24.6. The molecular weight excluding hydrogens is 452 g/mol. The van der Waals surface area contributed by atoms with Crippen LogP contribution < -0.4 is 15.0 Å². The van der Waals surface area contributed by atoms with Crippen LogP contribution in [0.15, 0.2) is 91.4 Å². The zero-order valence-corrected chi connectivity index (χ0v) is 21.3. The Labute approximate surface area is 212 Å². The Morgan fingerprint density at radius 1 is 0.914 bits per heavy atom. The summed E-state index contributed by atoms with van der Waals surface area (Å²) in [6, 6.07) is 24.2. The van der Waals surface area contributed by atoms with E-state index in [1.165, 1.54) is 11.1 Å². The lowest BCUT2D eigenvalue weighted by atomic mass is 9.98. The Morgan fingerprint density at radius 3 is 2.20 bits per heavy atom. The predicted octanol–water partition coefficient (Wildman–Crippen LogP) is 6.92. The molecule has 1 aliphatic rings. The van der Waals surface area contributed by atoms with Crippen molar-refractivity contribution in [2.75, 3.05) is 4.90 Å². The fourth-order valence-corrected chi connectivity index (χ4v) is 4.74. The lowest BCUT2D eigenvalue weighted by Crippen LogP contribution is -2.29. The van der Waals surface area contributed by atoms with Gasteiger partial charge in [-0.3, -0.25) is 4.98 Å². The molecule has 6 heteroatoms. The molecule has 35 heavy (non-hydrogen) atoms. The highest BCUT2D eigenvalue weighted by Crippen LogP contribution is 2.42. The molecule has 2 unspecified atom stereocenters. The average Bonchev–Trinajstić information content (AvgIpc) is 3.47. The number of hydrogen-bond acceptors (Lipinski definition) is 3. The summed E-state index contributed by atoms with van der Waals surface area (Å²) in [5, 5.41) is 4.21. The van der Waals surface area contributed by atoms with Crippen LogP contribution >= 0.6 is 12.2 Å². The average molecular weight is 483 g/mol. The van der Waals surface area contributed by atoms with E-state index < -0.39 is 0 Å². The number of rotatable bonds is 5. The summed E-state index contributed by atoms with van der Waals surface area (Å²) in [4.78, 5) is 6.83. The molecule has 1 aliphatic heterocycles. The van der Waals surface area contributed by atoms with E-state index >= 15 is 0 Å². The third kappa shape index (κ3) is 4.80. The summed E-state index contributed by atoms with van der Waals surface area (Å²) in [7, 11) is 0. The standard InChI is InChI=1S/C29H30N4OS/c1-20-8-12-23(13-9-20)34-24-14-10-22(11-15-24)33-27(21-16-18-32(19-21)29(2,3)4)26(31-28(33)35)25-7-5-6-17-30-25/h5-19,26-27H,1-4H3,(H,31,35). The van der Waals surface area contributed by atoms with E-state index in [4.69, 9.17) is 17.0 Å². The minimum atomic E-state index is -0.0667.